The Labute approximate surface area is 416 Å². The predicted molar refractivity (Wildman–Crippen MR) is 296 cm³/mol. The van der Waals surface area contributed by atoms with Gasteiger partial charge in [0.2, 0.25) is 5.95 Å². The van der Waals surface area contributed by atoms with Crippen molar-refractivity contribution in [2.24, 2.45) is 5.92 Å². The smallest absolute Gasteiger partial charge is 0.238 e. The first kappa shape index (κ1) is 43.2. The summed E-state index contributed by atoms with van der Waals surface area (Å²) in [6, 6.07) is 58.3. The molecule has 3 aliphatic carbocycles. The molecule has 5 heteroatoms. The molecule has 0 aliphatic heterocycles. The fourth-order valence-corrected chi connectivity index (χ4v) is 12.3. The number of para-hydroxylation sites is 2. The Morgan fingerprint density at radius 3 is 1.97 bits per heavy atom. The van der Waals surface area contributed by atoms with Gasteiger partial charge in [-0.05, 0) is 117 Å². The van der Waals surface area contributed by atoms with Crippen molar-refractivity contribution in [3.63, 3.8) is 0 Å². The third-order valence-electron chi connectivity index (χ3n) is 16.3. The van der Waals surface area contributed by atoms with E-state index in [0.29, 0.717) is 23.6 Å². The second-order valence-electron chi connectivity index (χ2n) is 21.4. The average molecular weight is 920 g/mol. The molecule has 3 aliphatic rings. The van der Waals surface area contributed by atoms with E-state index >= 15 is 0 Å². The van der Waals surface area contributed by atoms with Gasteiger partial charge < -0.3 is 4.57 Å². The van der Waals surface area contributed by atoms with E-state index in [-0.39, 0.29) is 16.7 Å². The van der Waals surface area contributed by atoms with Gasteiger partial charge in [-0.25, -0.2) is 4.98 Å². The normalized spacial score (nSPS) is 19.2. The minimum Gasteiger partial charge on any atom is -0.309 e. The lowest BCUT2D eigenvalue weighted by Gasteiger charge is -2.47. The van der Waals surface area contributed by atoms with Gasteiger partial charge in [0.25, 0.3) is 0 Å². The van der Waals surface area contributed by atoms with Crippen LogP contribution in [-0.4, -0.2) is 24.1 Å². The number of nitrogens with zero attached hydrogens (tertiary/aromatic N) is 5. The molecule has 13 rings (SSSR count). The SMILES string of the molecule is CC1CC(C)(C)c2c(-c3cccc(-c4cccc(-n5c6ccccc6c6cc7c8ccccc8n(-c8nc(C9=CCC(c%10ccccc%10)C=C9)nc(C9C=CC=CC9)n8)c7cc65)c4)c3)cccc2C1(C)C. The van der Waals surface area contributed by atoms with Gasteiger partial charge in [-0.15, -0.1) is 0 Å². The van der Waals surface area contributed by atoms with Crippen LogP contribution in [0, 0.1) is 5.92 Å². The maximum Gasteiger partial charge on any atom is 0.238 e. The van der Waals surface area contributed by atoms with Gasteiger partial charge in [0, 0.05) is 44.6 Å². The van der Waals surface area contributed by atoms with Crippen molar-refractivity contribution in [3.8, 4) is 33.9 Å². The van der Waals surface area contributed by atoms with Crippen molar-refractivity contribution < 1.29 is 0 Å². The minimum absolute atomic E-state index is 0.0434. The van der Waals surface area contributed by atoms with Crippen molar-refractivity contribution >= 4 is 49.2 Å². The van der Waals surface area contributed by atoms with Gasteiger partial charge in [0.1, 0.15) is 5.82 Å². The molecule has 3 unspecified atom stereocenters. The van der Waals surface area contributed by atoms with Crippen molar-refractivity contribution in [3.05, 3.63) is 229 Å². The van der Waals surface area contributed by atoms with Crippen molar-refractivity contribution in [1.82, 2.24) is 24.1 Å². The fourth-order valence-electron chi connectivity index (χ4n) is 12.3. The summed E-state index contributed by atoms with van der Waals surface area (Å²) < 4.78 is 4.72. The van der Waals surface area contributed by atoms with Gasteiger partial charge in [0.15, 0.2) is 5.82 Å². The van der Waals surface area contributed by atoms with Crippen LogP contribution in [0.1, 0.15) is 94.1 Å². The standard InChI is InChI=1S/C66H57N5/c1-42-41-65(2,3)61-51(29-18-30-56(61)66(42,4)5)49-25-16-23-47(37-49)48-24-17-26-50(38-48)70-57-31-14-12-27-52(57)54-39-55-53-28-13-15-32-58(53)71(60(55)40-59(54)70)64-68-62(45-21-10-7-11-22-45)67-63(69-64)46-35-33-44(34-36-46)43-19-8-6-9-20-43/h6-21,23-33,35-40,42,44-45H,22,34,41H2,1-5H3. The first-order chi connectivity index (χ1) is 34.6. The molecule has 3 aromatic heterocycles. The molecule has 5 nitrogen and oxygen atoms in total. The number of fused-ring (bicyclic) bond motifs is 7. The number of hydrogen-bond donors (Lipinski definition) is 0. The monoisotopic (exact) mass is 919 g/mol. The third kappa shape index (κ3) is 7.15. The van der Waals surface area contributed by atoms with E-state index in [1.54, 1.807) is 0 Å². The first-order valence-electron chi connectivity index (χ1n) is 25.5. The zero-order valence-electron chi connectivity index (χ0n) is 41.1. The summed E-state index contributed by atoms with van der Waals surface area (Å²) in [5.41, 5.74) is 16.0. The zero-order chi connectivity index (χ0) is 48.0. The Morgan fingerprint density at radius 2 is 1.23 bits per heavy atom. The van der Waals surface area contributed by atoms with Crippen molar-refractivity contribution in [1.29, 1.82) is 0 Å². The van der Waals surface area contributed by atoms with Crippen molar-refractivity contribution in [2.75, 3.05) is 0 Å². The quantitative estimate of drug-likeness (QED) is 0.160. The summed E-state index contributed by atoms with van der Waals surface area (Å²) in [5, 5.41) is 4.75. The second-order valence-corrected chi connectivity index (χ2v) is 21.4. The first-order valence-corrected chi connectivity index (χ1v) is 25.5. The summed E-state index contributed by atoms with van der Waals surface area (Å²) in [6.45, 7) is 12.2. The highest BCUT2D eigenvalue weighted by atomic mass is 15.2. The number of aromatic nitrogens is 5. The second kappa shape index (κ2) is 16.6. The third-order valence-corrected chi connectivity index (χ3v) is 16.3. The molecular weight excluding hydrogens is 863 g/mol. The highest BCUT2D eigenvalue weighted by Crippen LogP contribution is 2.52. The highest BCUT2D eigenvalue weighted by Gasteiger charge is 2.43. The molecule has 7 aromatic carbocycles. The van der Waals surface area contributed by atoms with Gasteiger partial charge in [-0.1, -0.05) is 192 Å². The Morgan fingerprint density at radius 1 is 0.535 bits per heavy atom. The molecule has 0 fully saturated rings. The Balaban J connectivity index is 0.967. The Kier molecular flexibility index (Phi) is 10.1. The molecule has 0 amide bonds. The van der Waals surface area contributed by atoms with Crippen molar-refractivity contribution in [2.45, 2.75) is 76.5 Å². The predicted octanol–water partition coefficient (Wildman–Crippen LogP) is 16.7. The van der Waals surface area contributed by atoms with Gasteiger partial charge in [0.05, 0.1) is 22.1 Å². The van der Waals surface area contributed by atoms with Gasteiger partial charge in [-0.2, -0.15) is 9.97 Å². The van der Waals surface area contributed by atoms with E-state index in [9.17, 15) is 0 Å². The maximum atomic E-state index is 5.38. The van der Waals surface area contributed by atoms with E-state index in [2.05, 4.69) is 244 Å². The Bertz CT molecular complexity index is 3890. The van der Waals surface area contributed by atoms with Crippen LogP contribution in [0.4, 0.5) is 0 Å². The molecule has 0 bridgehead atoms. The lowest BCUT2D eigenvalue weighted by Crippen LogP contribution is -2.40. The summed E-state index contributed by atoms with van der Waals surface area (Å²) >= 11 is 0. The number of rotatable bonds is 7. The van der Waals surface area contributed by atoms with Crippen LogP contribution in [0.15, 0.2) is 200 Å². The van der Waals surface area contributed by atoms with Crippen LogP contribution in [0.25, 0.3) is 83.1 Å². The topological polar surface area (TPSA) is 48.5 Å². The van der Waals surface area contributed by atoms with E-state index in [0.717, 1.165) is 63.7 Å². The molecule has 10 aromatic rings. The molecule has 71 heavy (non-hydrogen) atoms. The minimum atomic E-state index is 0.0434. The number of hydrogen-bond acceptors (Lipinski definition) is 3. The lowest BCUT2D eigenvalue weighted by atomic mass is 9.57. The molecule has 0 N–H and O–H groups in total. The Hall–Kier alpha value is -7.89. The van der Waals surface area contributed by atoms with Gasteiger partial charge >= 0.3 is 0 Å². The molecule has 0 spiro atoms. The molecule has 0 saturated carbocycles. The summed E-state index contributed by atoms with van der Waals surface area (Å²) in [5.74, 6) is 3.06. The lowest BCUT2D eigenvalue weighted by molar-refractivity contribution is 0.234. The van der Waals surface area contributed by atoms with Gasteiger partial charge in [-0.3, -0.25) is 4.57 Å². The summed E-state index contributed by atoms with van der Waals surface area (Å²) in [6.07, 6.45) is 18.3. The largest absolute Gasteiger partial charge is 0.309 e. The molecule has 0 radical (unpaired) electrons. The zero-order valence-corrected chi connectivity index (χ0v) is 41.1. The van der Waals surface area contributed by atoms with E-state index in [1.807, 2.05) is 0 Å². The molecule has 346 valence electrons. The molecular formula is C66H57N5. The summed E-state index contributed by atoms with van der Waals surface area (Å²) in [7, 11) is 0. The van der Waals surface area contributed by atoms with E-state index in [4.69, 9.17) is 15.0 Å². The average Bonchev–Trinajstić information content (AvgIpc) is 3.92. The van der Waals surface area contributed by atoms with Crippen LogP contribution in [0.3, 0.4) is 0 Å². The van der Waals surface area contributed by atoms with E-state index in [1.165, 1.54) is 55.2 Å². The van der Waals surface area contributed by atoms with E-state index < -0.39 is 0 Å². The molecule has 3 heterocycles. The van der Waals surface area contributed by atoms with Crippen LogP contribution in [-0.2, 0) is 10.8 Å². The highest BCUT2D eigenvalue weighted by molar-refractivity contribution is 6.19. The molecule has 3 atom stereocenters. The number of allylic oxidation sites excluding steroid dienone is 8. The summed E-state index contributed by atoms with van der Waals surface area (Å²) in [4.78, 5) is 16.0. The maximum absolute atomic E-state index is 5.38. The van der Waals surface area contributed by atoms with Crippen LogP contribution < -0.4 is 0 Å². The fraction of sp³-hybridized carbons (Fsp3) is 0.197. The van der Waals surface area contributed by atoms with Crippen LogP contribution in [0.5, 0.6) is 0 Å². The van der Waals surface area contributed by atoms with Crippen LogP contribution >= 0.6 is 0 Å². The van der Waals surface area contributed by atoms with Crippen LogP contribution in [0.2, 0.25) is 0 Å². The molecule has 0 saturated heterocycles. The number of benzene rings is 7.